The maximum absolute atomic E-state index is 14.4. The van der Waals surface area contributed by atoms with Gasteiger partial charge >= 0.3 is 5.97 Å². The van der Waals surface area contributed by atoms with Crippen LogP contribution in [-0.2, 0) is 4.74 Å². The summed E-state index contributed by atoms with van der Waals surface area (Å²) in [4.78, 5) is 11.3. The first kappa shape index (κ1) is 20.4. The number of ether oxygens (including phenoxy) is 1. The normalized spacial score (nSPS) is 11.0. The molecule has 11 heteroatoms. The second kappa shape index (κ2) is 7.37. The van der Waals surface area contributed by atoms with E-state index in [-0.39, 0.29) is 5.02 Å². The highest BCUT2D eigenvalue weighted by Crippen LogP contribution is 2.49. The molecular weight excluding hydrogens is 453 g/mol. The molecule has 0 fully saturated rings. The van der Waals surface area contributed by atoms with E-state index in [1.807, 2.05) is 0 Å². The van der Waals surface area contributed by atoms with Crippen molar-refractivity contribution in [3.05, 3.63) is 53.9 Å². The largest absolute Gasteiger partial charge is 0.465 e. The van der Waals surface area contributed by atoms with Crippen LogP contribution in [0, 0.1) is 23.3 Å². The predicted octanol–water partition coefficient (Wildman–Crippen LogP) is 6.96. The van der Waals surface area contributed by atoms with E-state index in [4.69, 9.17) is 58.0 Å². The molecule has 25 heavy (non-hydrogen) atoms. The lowest BCUT2D eigenvalue weighted by molar-refractivity contribution is 0.0587. The van der Waals surface area contributed by atoms with E-state index in [2.05, 4.69) is 4.74 Å². The maximum atomic E-state index is 14.4. The van der Waals surface area contributed by atoms with Crippen LogP contribution in [0.4, 0.5) is 17.6 Å². The number of carbonyl (C=O) groups is 1. The Hall–Kier alpha value is -0.920. The Labute approximate surface area is 163 Å². The number of rotatable bonds is 2. The van der Waals surface area contributed by atoms with E-state index >= 15 is 0 Å². The molecule has 0 aliphatic rings. The Kier molecular flexibility index (Phi) is 6.01. The number of esters is 1. The van der Waals surface area contributed by atoms with Crippen LogP contribution in [0.3, 0.4) is 0 Å². The van der Waals surface area contributed by atoms with Gasteiger partial charge in [0, 0.05) is 5.56 Å². The van der Waals surface area contributed by atoms with Crippen molar-refractivity contribution >= 4 is 64.0 Å². The van der Waals surface area contributed by atoms with Crippen molar-refractivity contribution < 1.29 is 27.1 Å². The fourth-order valence-corrected chi connectivity index (χ4v) is 3.28. The van der Waals surface area contributed by atoms with Crippen LogP contribution >= 0.6 is 58.0 Å². The zero-order chi connectivity index (χ0) is 19.2. The predicted molar refractivity (Wildman–Crippen MR) is 88.1 cm³/mol. The molecule has 0 spiro atoms. The van der Waals surface area contributed by atoms with Gasteiger partial charge < -0.3 is 4.74 Å². The van der Waals surface area contributed by atoms with Crippen molar-refractivity contribution in [2.24, 2.45) is 0 Å². The number of benzene rings is 2. The zero-order valence-electron chi connectivity index (χ0n) is 11.7. The van der Waals surface area contributed by atoms with Gasteiger partial charge in [-0.2, -0.15) is 0 Å². The molecule has 2 aromatic carbocycles. The van der Waals surface area contributed by atoms with Gasteiger partial charge in [-0.25, -0.2) is 22.4 Å². The Balaban J connectivity index is 3.00. The lowest BCUT2D eigenvalue weighted by Gasteiger charge is -2.16. The molecule has 0 aromatic heterocycles. The number of carbonyl (C=O) groups excluding carboxylic acids is 1. The molecule has 0 amide bonds. The number of halogens is 9. The lowest BCUT2D eigenvalue weighted by atomic mass is 10.0. The van der Waals surface area contributed by atoms with Crippen molar-refractivity contribution in [2.75, 3.05) is 7.11 Å². The van der Waals surface area contributed by atoms with Crippen molar-refractivity contribution in [1.29, 1.82) is 0 Å². The van der Waals surface area contributed by atoms with E-state index in [1.165, 1.54) is 0 Å². The summed E-state index contributed by atoms with van der Waals surface area (Å²) < 4.78 is 61.1. The van der Waals surface area contributed by atoms with Crippen molar-refractivity contribution in [3.63, 3.8) is 0 Å². The first-order chi connectivity index (χ1) is 11.6. The third-order valence-corrected chi connectivity index (χ3v) is 5.39. The monoisotopic (exact) mass is 454 g/mol. The molecular formula is C14H3Cl5F4O2. The maximum Gasteiger partial charge on any atom is 0.344 e. The number of hydrogen-bond donors (Lipinski definition) is 0. The molecule has 2 aromatic rings. The first-order valence-electron chi connectivity index (χ1n) is 6.02. The summed E-state index contributed by atoms with van der Waals surface area (Å²) >= 11 is 29.0. The molecule has 0 saturated carbocycles. The smallest absolute Gasteiger partial charge is 0.344 e. The summed E-state index contributed by atoms with van der Waals surface area (Å²) in [5.74, 6) is -9.52. The highest BCUT2D eigenvalue weighted by atomic mass is 35.5. The van der Waals surface area contributed by atoms with Gasteiger partial charge in [0.05, 0.1) is 37.8 Å². The fourth-order valence-electron chi connectivity index (χ4n) is 1.96. The third kappa shape index (κ3) is 3.15. The highest BCUT2D eigenvalue weighted by molar-refractivity contribution is 6.56. The molecule has 2 rings (SSSR count). The van der Waals surface area contributed by atoms with Gasteiger partial charge in [-0.3, -0.25) is 0 Å². The van der Waals surface area contributed by atoms with Gasteiger partial charge in [0.15, 0.2) is 23.3 Å². The van der Waals surface area contributed by atoms with Crippen LogP contribution in [0.25, 0.3) is 11.1 Å². The van der Waals surface area contributed by atoms with Gasteiger partial charge in [-0.1, -0.05) is 58.0 Å². The standard InChI is InChI=1S/C14H3Cl5F4O2/c1-25-14(24)4-12(22)10(20)3(11(21)13(4)23)2-5(15)7(17)9(19)8(18)6(2)16/h1H3. The van der Waals surface area contributed by atoms with Crippen molar-refractivity contribution in [2.45, 2.75) is 0 Å². The summed E-state index contributed by atoms with van der Waals surface area (Å²) in [6, 6.07) is 0. The Bertz CT molecular complexity index is 859. The Morgan fingerprint density at radius 1 is 0.680 bits per heavy atom. The quantitative estimate of drug-likeness (QED) is 0.211. The minimum absolute atomic E-state index is 0.324. The molecule has 0 heterocycles. The minimum Gasteiger partial charge on any atom is -0.465 e. The summed E-state index contributed by atoms with van der Waals surface area (Å²) in [6.07, 6.45) is 0. The minimum atomic E-state index is -2.00. The average Bonchev–Trinajstić information content (AvgIpc) is 2.59. The van der Waals surface area contributed by atoms with Crippen LogP contribution in [0.2, 0.25) is 25.1 Å². The van der Waals surface area contributed by atoms with Crippen molar-refractivity contribution in [1.82, 2.24) is 0 Å². The van der Waals surface area contributed by atoms with Crippen molar-refractivity contribution in [3.8, 4) is 11.1 Å². The van der Waals surface area contributed by atoms with E-state index in [9.17, 15) is 22.4 Å². The molecule has 0 aliphatic heterocycles. The lowest BCUT2D eigenvalue weighted by Crippen LogP contribution is -2.13. The number of hydrogen-bond acceptors (Lipinski definition) is 2. The van der Waals surface area contributed by atoms with Gasteiger partial charge in [0.1, 0.15) is 5.56 Å². The van der Waals surface area contributed by atoms with E-state index in [1.54, 1.807) is 0 Å². The topological polar surface area (TPSA) is 26.3 Å². The fraction of sp³-hybridized carbons (Fsp3) is 0.0714. The second-order valence-electron chi connectivity index (χ2n) is 4.44. The summed E-state index contributed by atoms with van der Waals surface area (Å²) in [6.45, 7) is 0. The average molecular weight is 456 g/mol. The van der Waals surface area contributed by atoms with Gasteiger partial charge in [-0.05, 0) is 0 Å². The molecule has 0 unspecified atom stereocenters. The van der Waals surface area contributed by atoms with Crippen LogP contribution in [-0.4, -0.2) is 13.1 Å². The van der Waals surface area contributed by atoms with E-state index < -0.39 is 66.0 Å². The summed E-state index contributed by atoms with van der Waals surface area (Å²) in [5, 5.41) is -2.39. The van der Waals surface area contributed by atoms with Crippen LogP contribution in [0.15, 0.2) is 0 Å². The Morgan fingerprint density at radius 2 is 1.04 bits per heavy atom. The second-order valence-corrected chi connectivity index (χ2v) is 6.33. The molecule has 134 valence electrons. The number of methoxy groups -OCH3 is 1. The molecule has 0 atom stereocenters. The van der Waals surface area contributed by atoms with Gasteiger partial charge in [0.25, 0.3) is 0 Å². The Morgan fingerprint density at radius 3 is 1.40 bits per heavy atom. The van der Waals surface area contributed by atoms with Gasteiger partial charge in [-0.15, -0.1) is 0 Å². The summed E-state index contributed by atoms with van der Waals surface area (Å²) in [5.41, 5.74) is -3.59. The SMILES string of the molecule is COC(=O)c1c(F)c(F)c(-c2c(Cl)c(Cl)c(Cl)c(Cl)c2Cl)c(F)c1F. The van der Waals surface area contributed by atoms with Crippen LogP contribution < -0.4 is 0 Å². The molecule has 2 nitrogen and oxygen atoms in total. The third-order valence-electron chi connectivity index (χ3n) is 3.11. The van der Waals surface area contributed by atoms with E-state index in [0.717, 1.165) is 7.11 Å². The summed E-state index contributed by atoms with van der Waals surface area (Å²) in [7, 11) is 0.775. The molecule has 0 radical (unpaired) electrons. The zero-order valence-corrected chi connectivity index (χ0v) is 15.5. The van der Waals surface area contributed by atoms with E-state index in [0.29, 0.717) is 0 Å². The molecule has 0 saturated heterocycles. The van der Waals surface area contributed by atoms with Crippen LogP contribution in [0.1, 0.15) is 10.4 Å². The molecule has 0 aliphatic carbocycles. The molecule has 0 N–H and O–H groups in total. The van der Waals surface area contributed by atoms with Gasteiger partial charge in [0.2, 0.25) is 0 Å². The first-order valence-corrected chi connectivity index (χ1v) is 7.91. The van der Waals surface area contributed by atoms with Crippen LogP contribution in [0.5, 0.6) is 0 Å². The molecule has 0 bridgehead atoms. The highest BCUT2D eigenvalue weighted by Gasteiger charge is 2.33.